The first-order chi connectivity index (χ1) is 17.6. The molecule has 2 atom stereocenters. The Hall–Kier alpha value is -3.90. The van der Waals surface area contributed by atoms with E-state index in [0.717, 1.165) is 16.4 Å². The summed E-state index contributed by atoms with van der Waals surface area (Å²) in [5, 5.41) is 22.4. The summed E-state index contributed by atoms with van der Waals surface area (Å²) < 4.78 is 54.0. The summed E-state index contributed by atoms with van der Waals surface area (Å²) in [6.45, 7) is -0.881. The monoisotopic (exact) mass is 519 g/mol. The van der Waals surface area contributed by atoms with E-state index in [4.69, 9.17) is 14.6 Å². The average molecular weight is 519 g/mol. The van der Waals surface area contributed by atoms with E-state index in [9.17, 15) is 27.9 Å². The molecular weight excluding hydrogens is 495 g/mol. The van der Waals surface area contributed by atoms with Crippen LogP contribution in [0.15, 0.2) is 59.5 Å². The van der Waals surface area contributed by atoms with Gasteiger partial charge in [0.05, 0.1) is 44.8 Å². The number of aliphatic hydroxyl groups is 1. The molecule has 12 heteroatoms. The molecule has 0 bridgehead atoms. The summed E-state index contributed by atoms with van der Waals surface area (Å²) >= 11 is 0. The maximum Gasteiger partial charge on any atom is 0.423 e. The lowest BCUT2D eigenvalue weighted by atomic mass is 10.1. The van der Waals surface area contributed by atoms with Crippen molar-refractivity contribution in [3.05, 3.63) is 87.3 Å². The minimum Gasteiger partial charge on any atom is -0.497 e. The summed E-state index contributed by atoms with van der Waals surface area (Å²) in [7, 11) is 1.48. The van der Waals surface area contributed by atoms with E-state index in [1.54, 1.807) is 48.5 Å². The topological polar surface area (TPSA) is 114 Å². The predicted molar refractivity (Wildman–Crippen MR) is 125 cm³/mol. The Morgan fingerprint density at radius 2 is 1.89 bits per heavy atom. The first kappa shape index (κ1) is 26.2. The molecule has 0 spiro atoms. The molecule has 2 aromatic carbocycles. The highest BCUT2D eigenvalue weighted by molar-refractivity contribution is 5.72. The Morgan fingerprint density at radius 3 is 2.54 bits per heavy atom. The second-order valence-electron chi connectivity index (χ2n) is 8.45. The SMILES string of the molecule is COc1ccc(Cn2ncc(N3Cc4ccccc4C3COCC(O)C(=O)O)c(C(F)(F)F)c2=O)cc1. The molecule has 2 N–H and O–H groups in total. The lowest BCUT2D eigenvalue weighted by Crippen LogP contribution is -2.36. The number of anilines is 1. The fraction of sp³-hybridized carbons (Fsp3) is 0.320. The summed E-state index contributed by atoms with van der Waals surface area (Å²) in [4.78, 5) is 25.3. The van der Waals surface area contributed by atoms with Crippen molar-refractivity contribution in [2.75, 3.05) is 25.2 Å². The van der Waals surface area contributed by atoms with E-state index < -0.39 is 47.7 Å². The first-order valence-electron chi connectivity index (χ1n) is 11.2. The van der Waals surface area contributed by atoms with Gasteiger partial charge in [0.25, 0.3) is 5.56 Å². The van der Waals surface area contributed by atoms with Crippen LogP contribution in [0, 0.1) is 0 Å². The fourth-order valence-corrected chi connectivity index (χ4v) is 4.24. The number of carbonyl (C=O) groups is 1. The number of ether oxygens (including phenoxy) is 2. The minimum atomic E-state index is -4.98. The molecule has 0 saturated heterocycles. The van der Waals surface area contributed by atoms with Crippen LogP contribution in [-0.2, 0) is 28.8 Å². The van der Waals surface area contributed by atoms with E-state index in [1.165, 1.54) is 12.0 Å². The average Bonchev–Trinajstić information content (AvgIpc) is 3.23. The fourth-order valence-electron chi connectivity index (χ4n) is 4.24. The molecule has 0 saturated carbocycles. The number of alkyl halides is 3. The number of carboxylic acid groups (broad SMARTS) is 1. The maximum atomic E-state index is 14.3. The molecule has 2 unspecified atom stereocenters. The number of benzene rings is 2. The third-order valence-electron chi connectivity index (χ3n) is 6.08. The van der Waals surface area contributed by atoms with Gasteiger partial charge in [0.2, 0.25) is 0 Å². The number of hydrogen-bond donors (Lipinski definition) is 2. The number of fused-ring (bicyclic) bond motifs is 1. The van der Waals surface area contributed by atoms with Crippen molar-refractivity contribution in [3.63, 3.8) is 0 Å². The van der Waals surface area contributed by atoms with E-state index in [0.29, 0.717) is 16.9 Å². The number of methoxy groups -OCH3 is 1. The summed E-state index contributed by atoms with van der Waals surface area (Å²) in [6.07, 6.45) is -5.74. The maximum absolute atomic E-state index is 14.3. The minimum absolute atomic E-state index is 0.0539. The zero-order valence-electron chi connectivity index (χ0n) is 19.7. The number of hydrogen-bond acceptors (Lipinski definition) is 7. The van der Waals surface area contributed by atoms with Crippen LogP contribution in [0.5, 0.6) is 5.75 Å². The largest absolute Gasteiger partial charge is 0.497 e. The zero-order valence-corrected chi connectivity index (χ0v) is 19.7. The van der Waals surface area contributed by atoms with E-state index in [-0.39, 0.29) is 19.7 Å². The quantitative estimate of drug-likeness (QED) is 0.444. The van der Waals surface area contributed by atoms with Gasteiger partial charge in [-0.15, -0.1) is 0 Å². The molecule has 9 nitrogen and oxygen atoms in total. The Balaban J connectivity index is 1.69. The predicted octanol–water partition coefficient (Wildman–Crippen LogP) is 2.84. The van der Waals surface area contributed by atoms with Crippen molar-refractivity contribution in [3.8, 4) is 5.75 Å². The number of aliphatic carboxylic acids is 1. The second-order valence-corrected chi connectivity index (χ2v) is 8.45. The molecule has 2 heterocycles. The van der Waals surface area contributed by atoms with Crippen molar-refractivity contribution in [2.45, 2.75) is 31.4 Å². The molecule has 1 aromatic heterocycles. The van der Waals surface area contributed by atoms with Gasteiger partial charge in [-0.1, -0.05) is 36.4 Å². The number of halogens is 3. The van der Waals surface area contributed by atoms with Crippen molar-refractivity contribution >= 4 is 11.7 Å². The number of nitrogens with zero attached hydrogens (tertiary/aromatic N) is 3. The van der Waals surface area contributed by atoms with E-state index >= 15 is 0 Å². The normalized spacial score (nSPS) is 15.9. The third-order valence-corrected chi connectivity index (χ3v) is 6.08. The van der Waals surface area contributed by atoms with Crippen molar-refractivity contribution in [1.82, 2.24) is 9.78 Å². The highest BCUT2D eigenvalue weighted by Gasteiger charge is 2.42. The van der Waals surface area contributed by atoms with Crippen LogP contribution in [0.1, 0.15) is 28.3 Å². The molecule has 3 aromatic rings. The Kier molecular flexibility index (Phi) is 7.50. The van der Waals surface area contributed by atoms with Crippen LogP contribution < -0.4 is 15.2 Å². The van der Waals surface area contributed by atoms with Gasteiger partial charge in [0, 0.05) is 6.54 Å². The van der Waals surface area contributed by atoms with Gasteiger partial charge in [-0.25, -0.2) is 9.48 Å². The Bertz CT molecular complexity index is 1330. The molecule has 0 amide bonds. The van der Waals surface area contributed by atoms with Crippen LogP contribution in [-0.4, -0.2) is 52.4 Å². The highest BCUT2D eigenvalue weighted by atomic mass is 19.4. The van der Waals surface area contributed by atoms with Crippen LogP contribution in [0.2, 0.25) is 0 Å². The molecule has 0 aliphatic carbocycles. The van der Waals surface area contributed by atoms with Gasteiger partial charge in [0.15, 0.2) is 6.10 Å². The second kappa shape index (κ2) is 10.6. The number of rotatable bonds is 9. The van der Waals surface area contributed by atoms with Crippen LogP contribution >= 0.6 is 0 Å². The van der Waals surface area contributed by atoms with E-state index in [2.05, 4.69) is 5.10 Å². The van der Waals surface area contributed by atoms with Crippen LogP contribution in [0.4, 0.5) is 18.9 Å². The molecule has 0 fully saturated rings. The molecule has 4 rings (SSSR count). The standard InChI is InChI=1S/C25H24F3N3O6/c1-36-17-8-6-15(7-9-17)11-31-23(33)22(25(26,27)28)19(10-29-31)30-12-16-4-2-3-5-18(16)20(30)13-37-14-21(32)24(34)35/h2-10,20-21,32H,11-14H2,1H3,(H,34,35). The third kappa shape index (κ3) is 5.59. The van der Waals surface area contributed by atoms with Crippen LogP contribution in [0.25, 0.3) is 0 Å². The molecule has 37 heavy (non-hydrogen) atoms. The molecular formula is C25H24F3N3O6. The van der Waals surface area contributed by atoms with E-state index in [1.807, 2.05) is 0 Å². The number of aliphatic hydroxyl groups excluding tert-OH is 1. The van der Waals surface area contributed by atoms with Crippen molar-refractivity contribution < 1.29 is 37.7 Å². The summed E-state index contributed by atoms with van der Waals surface area (Å²) in [6, 6.07) is 12.7. The lowest BCUT2D eigenvalue weighted by Gasteiger charge is -2.29. The Morgan fingerprint density at radius 1 is 1.19 bits per heavy atom. The molecule has 1 aliphatic rings. The van der Waals surface area contributed by atoms with Crippen molar-refractivity contribution in [2.24, 2.45) is 0 Å². The van der Waals surface area contributed by atoms with Gasteiger partial charge >= 0.3 is 12.1 Å². The molecule has 0 radical (unpaired) electrons. The number of carboxylic acids is 1. The van der Waals surface area contributed by atoms with Crippen molar-refractivity contribution in [1.29, 1.82) is 0 Å². The van der Waals surface area contributed by atoms with Gasteiger partial charge in [-0.05, 0) is 28.8 Å². The Labute approximate surface area is 209 Å². The molecule has 1 aliphatic heterocycles. The smallest absolute Gasteiger partial charge is 0.423 e. The zero-order chi connectivity index (χ0) is 26.7. The first-order valence-corrected chi connectivity index (χ1v) is 11.2. The van der Waals surface area contributed by atoms with Gasteiger partial charge in [-0.2, -0.15) is 18.3 Å². The van der Waals surface area contributed by atoms with Gasteiger partial charge in [0.1, 0.15) is 11.3 Å². The van der Waals surface area contributed by atoms with Gasteiger partial charge < -0.3 is 24.6 Å². The van der Waals surface area contributed by atoms with Gasteiger partial charge in [-0.3, -0.25) is 4.79 Å². The summed E-state index contributed by atoms with van der Waals surface area (Å²) in [5.74, 6) is -0.916. The highest BCUT2D eigenvalue weighted by Crippen LogP contribution is 2.42. The summed E-state index contributed by atoms with van der Waals surface area (Å²) in [5.41, 5.74) is -1.11. The number of aromatic nitrogens is 2. The van der Waals surface area contributed by atoms with Crippen LogP contribution in [0.3, 0.4) is 0 Å². The lowest BCUT2D eigenvalue weighted by molar-refractivity contribution is -0.150. The molecule has 196 valence electrons.